The summed E-state index contributed by atoms with van der Waals surface area (Å²) in [7, 11) is 0. The van der Waals surface area contributed by atoms with Crippen molar-refractivity contribution in [3.05, 3.63) is 65.2 Å². The molecule has 0 atom stereocenters. The lowest BCUT2D eigenvalue weighted by Gasteiger charge is -2.22. The average Bonchev–Trinajstić information content (AvgIpc) is 2.60. The minimum absolute atomic E-state index is 0.626. The number of hydrogen-bond acceptors (Lipinski definition) is 2. The fraction of sp³-hybridized carbons (Fsp3) is 0.429. The van der Waals surface area contributed by atoms with Gasteiger partial charge >= 0.3 is 0 Å². The quantitative estimate of drug-likeness (QED) is 0.811. The van der Waals surface area contributed by atoms with Gasteiger partial charge in [-0.05, 0) is 43.0 Å². The Morgan fingerprint density at radius 2 is 1.74 bits per heavy atom. The normalized spacial score (nSPS) is 15.5. The molecule has 122 valence electrons. The van der Waals surface area contributed by atoms with E-state index in [0.717, 1.165) is 12.3 Å². The molecule has 0 amide bonds. The zero-order chi connectivity index (χ0) is 15.9. The Balaban J connectivity index is 1.46. The highest BCUT2D eigenvalue weighted by Gasteiger charge is 2.12. The largest absolute Gasteiger partial charge is 0.489 e. The number of benzene rings is 2. The van der Waals surface area contributed by atoms with Gasteiger partial charge in [-0.2, -0.15) is 0 Å². The molecule has 0 spiro atoms. The van der Waals surface area contributed by atoms with Crippen LogP contribution in [0.25, 0.3) is 0 Å². The van der Waals surface area contributed by atoms with Crippen LogP contribution >= 0.6 is 0 Å². The van der Waals surface area contributed by atoms with Gasteiger partial charge in [-0.3, -0.25) is 0 Å². The monoisotopic (exact) mass is 309 g/mol. The van der Waals surface area contributed by atoms with Gasteiger partial charge in [0, 0.05) is 12.6 Å². The number of rotatable bonds is 6. The van der Waals surface area contributed by atoms with E-state index < -0.39 is 0 Å². The molecule has 2 aromatic carbocycles. The summed E-state index contributed by atoms with van der Waals surface area (Å²) in [5.41, 5.74) is 3.82. The standard InChI is InChI=1S/C21H27NO/c1-17-6-5-7-19(14-17)16-23-21-12-10-18(11-13-21)15-22-20-8-3-2-4-9-20/h5-7,10-14,20,22H,2-4,8-9,15-16H2,1H3. The first kappa shape index (κ1) is 16.1. The Kier molecular flexibility index (Phi) is 5.71. The Hall–Kier alpha value is -1.80. The van der Waals surface area contributed by atoms with Crippen LogP contribution in [0.5, 0.6) is 5.75 Å². The molecule has 3 rings (SSSR count). The van der Waals surface area contributed by atoms with E-state index in [1.165, 1.54) is 48.8 Å². The van der Waals surface area contributed by atoms with Crippen LogP contribution in [-0.4, -0.2) is 6.04 Å². The van der Waals surface area contributed by atoms with Gasteiger partial charge in [0.25, 0.3) is 0 Å². The summed E-state index contributed by atoms with van der Waals surface area (Å²) in [5.74, 6) is 0.938. The van der Waals surface area contributed by atoms with Gasteiger partial charge in [0.05, 0.1) is 0 Å². The third-order valence-corrected chi connectivity index (χ3v) is 4.61. The first-order valence-electron chi connectivity index (χ1n) is 8.80. The maximum Gasteiger partial charge on any atom is 0.119 e. The van der Waals surface area contributed by atoms with E-state index in [1.54, 1.807) is 0 Å². The van der Waals surface area contributed by atoms with E-state index in [9.17, 15) is 0 Å². The van der Waals surface area contributed by atoms with Crippen molar-refractivity contribution in [3.63, 3.8) is 0 Å². The molecule has 1 aliphatic carbocycles. The molecule has 0 saturated heterocycles. The predicted octanol–water partition coefficient (Wildman–Crippen LogP) is 5.00. The summed E-state index contributed by atoms with van der Waals surface area (Å²) in [6.45, 7) is 3.70. The third kappa shape index (κ3) is 5.11. The van der Waals surface area contributed by atoms with Crippen LogP contribution in [0, 0.1) is 6.92 Å². The lowest BCUT2D eigenvalue weighted by Crippen LogP contribution is -2.30. The van der Waals surface area contributed by atoms with Crippen LogP contribution in [0.2, 0.25) is 0 Å². The van der Waals surface area contributed by atoms with E-state index in [2.05, 4.69) is 60.8 Å². The summed E-state index contributed by atoms with van der Waals surface area (Å²) in [6, 6.07) is 17.7. The molecule has 0 aromatic heterocycles. The lowest BCUT2D eigenvalue weighted by atomic mass is 9.95. The Morgan fingerprint density at radius 1 is 0.957 bits per heavy atom. The van der Waals surface area contributed by atoms with Gasteiger partial charge in [-0.15, -0.1) is 0 Å². The highest BCUT2D eigenvalue weighted by molar-refractivity contribution is 5.28. The summed E-state index contributed by atoms with van der Waals surface area (Å²) in [6.07, 6.45) is 6.83. The molecule has 0 radical (unpaired) electrons. The van der Waals surface area contributed by atoms with Gasteiger partial charge in [-0.25, -0.2) is 0 Å². The SMILES string of the molecule is Cc1cccc(COc2ccc(CNC3CCCCC3)cc2)c1. The first-order valence-corrected chi connectivity index (χ1v) is 8.80. The Bertz CT molecular complexity index is 599. The number of aryl methyl sites for hydroxylation is 1. The zero-order valence-corrected chi connectivity index (χ0v) is 14.1. The van der Waals surface area contributed by atoms with Crippen molar-refractivity contribution in [3.8, 4) is 5.75 Å². The molecule has 0 unspecified atom stereocenters. The van der Waals surface area contributed by atoms with Crippen molar-refractivity contribution >= 4 is 0 Å². The number of nitrogens with one attached hydrogen (secondary N) is 1. The Morgan fingerprint density at radius 3 is 2.48 bits per heavy atom. The fourth-order valence-electron chi connectivity index (χ4n) is 3.24. The molecule has 0 heterocycles. The third-order valence-electron chi connectivity index (χ3n) is 4.61. The van der Waals surface area contributed by atoms with Crippen LogP contribution in [-0.2, 0) is 13.2 Å². The van der Waals surface area contributed by atoms with Crippen LogP contribution < -0.4 is 10.1 Å². The van der Waals surface area contributed by atoms with Gasteiger partial charge in [0.1, 0.15) is 12.4 Å². The summed E-state index contributed by atoms with van der Waals surface area (Å²) in [4.78, 5) is 0. The smallest absolute Gasteiger partial charge is 0.119 e. The maximum absolute atomic E-state index is 5.88. The van der Waals surface area contributed by atoms with Crippen molar-refractivity contribution in [2.75, 3.05) is 0 Å². The Labute approximate surface area is 139 Å². The van der Waals surface area contributed by atoms with E-state index in [1.807, 2.05) is 0 Å². The minimum atomic E-state index is 0.626. The van der Waals surface area contributed by atoms with Gasteiger partial charge in [0.2, 0.25) is 0 Å². The molecule has 0 bridgehead atoms. The summed E-state index contributed by atoms with van der Waals surface area (Å²) < 4.78 is 5.88. The maximum atomic E-state index is 5.88. The molecular weight excluding hydrogens is 282 g/mol. The molecule has 2 aromatic rings. The fourth-order valence-corrected chi connectivity index (χ4v) is 3.24. The second-order valence-corrected chi connectivity index (χ2v) is 6.64. The summed E-state index contributed by atoms with van der Waals surface area (Å²) >= 11 is 0. The van der Waals surface area contributed by atoms with E-state index >= 15 is 0 Å². The van der Waals surface area contributed by atoms with Gasteiger partial charge in [0.15, 0.2) is 0 Å². The van der Waals surface area contributed by atoms with Crippen molar-refractivity contribution in [1.82, 2.24) is 5.32 Å². The summed E-state index contributed by atoms with van der Waals surface area (Å²) in [5, 5.41) is 3.68. The minimum Gasteiger partial charge on any atom is -0.489 e. The van der Waals surface area contributed by atoms with Crippen molar-refractivity contribution in [1.29, 1.82) is 0 Å². The van der Waals surface area contributed by atoms with Gasteiger partial charge in [-0.1, -0.05) is 61.2 Å². The highest BCUT2D eigenvalue weighted by Crippen LogP contribution is 2.19. The average molecular weight is 309 g/mol. The van der Waals surface area contributed by atoms with Crippen molar-refractivity contribution < 1.29 is 4.74 Å². The van der Waals surface area contributed by atoms with Crippen LogP contribution in [0.4, 0.5) is 0 Å². The lowest BCUT2D eigenvalue weighted by molar-refractivity contribution is 0.306. The molecule has 2 nitrogen and oxygen atoms in total. The van der Waals surface area contributed by atoms with E-state index in [4.69, 9.17) is 4.74 Å². The second kappa shape index (κ2) is 8.16. The van der Waals surface area contributed by atoms with Crippen LogP contribution in [0.15, 0.2) is 48.5 Å². The molecule has 1 saturated carbocycles. The van der Waals surface area contributed by atoms with E-state index in [-0.39, 0.29) is 0 Å². The first-order chi connectivity index (χ1) is 11.3. The molecule has 1 aliphatic rings. The predicted molar refractivity (Wildman–Crippen MR) is 95.7 cm³/mol. The topological polar surface area (TPSA) is 21.3 Å². The van der Waals surface area contributed by atoms with Crippen LogP contribution in [0.1, 0.15) is 48.8 Å². The molecular formula is C21H27NO. The van der Waals surface area contributed by atoms with E-state index in [0.29, 0.717) is 12.6 Å². The molecule has 0 aliphatic heterocycles. The highest BCUT2D eigenvalue weighted by atomic mass is 16.5. The number of ether oxygens (including phenoxy) is 1. The molecule has 23 heavy (non-hydrogen) atoms. The second-order valence-electron chi connectivity index (χ2n) is 6.64. The molecule has 1 fully saturated rings. The van der Waals surface area contributed by atoms with Crippen LogP contribution in [0.3, 0.4) is 0 Å². The van der Waals surface area contributed by atoms with Crippen molar-refractivity contribution in [2.24, 2.45) is 0 Å². The molecule has 1 N–H and O–H groups in total. The van der Waals surface area contributed by atoms with Crippen molar-refractivity contribution in [2.45, 2.75) is 58.2 Å². The van der Waals surface area contributed by atoms with Gasteiger partial charge < -0.3 is 10.1 Å². The molecule has 2 heteroatoms. The number of hydrogen-bond donors (Lipinski definition) is 1. The zero-order valence-electron chi connectivity index (χ0n) is 14.1.